The molecule has 0 saturated carbocycles. The van der Waals surface area contributed by atoms with E-state index in [1.165, 1.54) is 24.3 Å². The number of hydrogen-bond acceptors (Lipinski definition) is 4. The van der Waals surface area contributed by atoms with E-state index in [1.54, 1.807) is 11.4 Å². The number of nitro benzene ring substituents is 1. The highest BCUT2D eigenvalue weighted by Gasteiger charge is 2.41. The molecule has 0 aliphatic carbocycles. The van der Waals surface area contributed by atoms with Gasteiger partial charge in [-0.3, -0.25) is 19.7 Å². The van der Waals surface area contributed by atoms with Gasteiger partial charge in [0.05, 0.1) is 23.6 Å². The van der Waals surface area contributed by atoms with Gasteiger partial charge in [-0.2, -0.15) is 0 Å². The number of rotatable bonds is 5. The summed E-state index contributed by atoms with van der Waals surface area (Å²) >= 11 is 0. The Morgan fingerprint density at radius 2 is 2.05 bits per heavy atom. The molecule has 1 fully saturated rings. The van der Waals surface area contributed by atoms with Crippen LogP contribution in [0.5, 0.6) is 0 Å². The molecule has 1 aliphatic heterocycles. The number of nitro groups is 1. The molecular formula is C13H14N3O4+. The molecule has 2 N–H and O–H groups in total. The number of imide groups is 1. The van der Waals surface area contributed by atoms with Gasteiger partial charge in [-0.15, -0.1) is 0 Å². The molecule has 1 aliphatic rings. The summed E-state index contributed by atoms with van der Waals surface area (Å²) in [6, 6.07) is 4.91. The van der Waals surface area contributed by atoms with Crippen LogP contribution in [-0.4, -0.2) is 29.3 Å². The van der Waals surface area contributed by atoms with Crippen LogP contribution in [-0.2, 0) is 9.59 Å². The molecule has 0 unspecified atom stereocenters. The molecule has 1 atom stereocenters. The molecule has 1 saturated heterocycles. The summed E-state index contributed by atoms with van der Waals surface area (Å²) in [5, 5.41) is 12.3. The van der Waals surface area contributed by atoms with Crippen molar-refractivity contribution >= 4 is 23.2 Å². The van der Waals surface area contributed by atoms with Crippen molar-refractivity contribution in [2.24, 2.45) is 0 Å². The number of nitrogens with two attached hydrogens (primary N) is 1. The molecule has 1 aromatic carbocycles. The smallest absolute Gasteiger partial charge is 0.292 e. The first-order valence-corrected chi connectivity index (χ1v) is 6.10. The van der Waals surface area contributed by atoms with E-state index in [4.69, 9.17) is 0 Å². The number of non-ortho nitro benzene ring substituents is 1. The lowest BCUT2D eigenvalue weighted by Gasteiger charge is -2.13. The number of nitrogens with zero attached hydrogens (tertiary/aromatic N) is 2. The van der Waals surface area contributed by atoms with E-state index in [1.807, 2.05) is 0 Å². The summed E-state index contributed by atoms with van der Waals surface area (Å²) in [6.45, 7) is 4.12. The van der Waals surface area contributed by atoms with Crippen molar-refractivity contribution in [3.63, 3.8) is 0 Å². The lowest BCUT2D eigenvalue weighted by molar-refractivity contribution is -0.666. The van der Waals surface area contributed by atoms with Gasteiger partial charge in [0.2, 0.25) is 5.91 Å². The zero-order valence-electron chi connectivity index (χ0n) is 10.7. The van der Waals surface area contributed by atoms with E-state index in [-0.39, 0.29) is 23.9 Å². The van der Waals surface area contributed by atoms with Crippen molar-refractivity contribution in [1.82, 2.24) is 0 Å². The van der Waals surface area contributed by atoms with Crippen molar-refractivity contribution in [3.8, 4) is 0 Å². The largest absolute Gasteiger partial charge is 0.332 e. The van der Waals surface area contributed by atoms with Crippen LogP contribution in [0.15, 0.2) is 36.9 Å². The zero-order valence-corrected chi connectivity index (χ0v) is 10.7. The van der Waals surface area contributed by atoms with Crippen molar-refractivity contribution in [2.75, 3.05) is 11.4 Å². The fourth-order valence-corrected chi connectivity index (χ4v) is 2.09. The normalized spacial score (nSPS) is 18.4. The van der Waals surface area contributed by atoms with Crippen molar-refractivity contribution in [1.29, 1.82) is 0 Å². The van der Waals surface area contributed by atoms with Gasteiger partial charge in [0, 0.05) is 12.1 Å². The van der Waals surface area contributed by atoms with E-state index >= 15 is 0 Å². The summed E-state index contributed by atoms with van der Waals surface area (Å²) in [5.74, 6) is -0.597. The first-order chi connectivity index (χ1) is 9.54. The van der Waals surface area contributed by atoms with Crippen molar-refractivity contribution < 1.29 is 19.8 Å². The van der Waals surface area contributed by atoms with Gasteiger partial charge >= 0.3 is 0 Å². The van der Waals surface area contributed by atoms with E-state index < -0.39 is 11.0 Å². The fraction of sp³-hybridized carbons (Fsp3) is 0.231. The van der Waals surface area contributed by atoms with Gasteiger partial charge in [0.25, 0.3) is 11.6 Å². The highest BCUT2D eigenvalue weighted by molar-refractivity contribution is 6.21. The SMILES string of the molecule is C=CC[NH2+][C@@H]1CC(=O)N(c2ccc([N+](=O)[O-])cc2)C1=O. The molecule has 104 valence electrons. The Morgan fingerprint density at radius 1 is 1.40 bits per heavy atom. The third-order valence-electron chi connectivity index (χ3n) is 3.09. The Morgan fingerprint density at radius 3 is 2.60 bits per heavy atom. The Bertz CT molecular complexity index is 567. The second kappa shape index (κ2) is 5.62. The first-order valence-electron chi connectivity index (χ1n) is 6.10. The molecule has 0 aromatic heterocycles. The monoisotopic (exact) mass is 276 g/mol. The van der Waals surface area contributed by atoms with Crippen LogP contribution in [0.3, 0.4) is 0 Å². The number of quaternary nitrogens is 1. The standard InChI is InChI=1S/C13H13N3O4/c1-2-7-14-11-8-12(17)15(13(11)18)9-3-5-10(6-4-9)16(19)20/h2-6,11,14H,1,7-8H2/p+1/t11-/m1/s1. The minimum absolute atomic E-state index is 0.0809. The molecule has 2 amide bonds. The summed E-state index contributed by atoms with van der Waals surface area (Å²) < 4.78 is 0. The lowest BCUT2D eigenvalue weighted by Crippen LogP contribution is -2.91. The van der Waals surface area contributed by atoms with Gasteiger partial charge < -0.3 is 5.32 Å². The van der Waals surface area contributed by atoms with Gasteiger partial charge in [-0.05, 0) is 18.2 Å². The third kappa shape index (κ3) is 2.57. The minimum Gasteiger partial charge on any atom is -0.332 e. The Kier molecular flexibility index (Phi) is 3.90. The van der Waals surface area contributed by atoms with Gasteiger partial charge in [-0.25, -0.2) is 4.90 Å². The molecule has 0 radical (unpaired) electrons. The molecule has 0 bridgehead atoms. The summed E-state index contributed by atoms with van der Waals surface area (Å²) in [5.41, 5.74) is 0.280. The predicted octanol–water partition coefficient (Wildman–Crippen LogP) is -0.0239. The number of amides is 2. The van der Waals surface area contributed by atoms with Gasteiger partial charge in [0.1, 0.15) is 0 Å². The van der Waals surface area contributed by atoms with Crippen LogP contribution in [0, 0.1) is 10.1 Å². The number of carbonyl (C=O) groups is 2. The quantitative estimate of drug-likeness (QED) is 0.353. The number of benzene rings is 1. The third-order valence-corrected chi connectivity index (χ3v) is 3.09. The molecule has 20 heavy (non-hydrogen) atoms. The Hall–Kier alpha value is -2.54. The van der Waals surface area contributed by atoms with E-state index in [9.17, 15) is 19.7 Å². The van der Waals surface area contributed by atoms with E-state index in [0.717, 1.165) is 4.90 Å². The van der Waals surface area contributed by atoms with Crippen LogP contribution in [0.4, 0.5) is 11.4 Å². The van der Waals surface area contributed by atoms with Crippen LogP contribution in [0.25, 0.3) is 0 Å². The van der Waals surface area contributed by atoms with Crippen LogP contribution >= 0.6 is 0 Å². The summed E-state index contributed by atoms with van der Waals surface area (Å²) in [7, 11) is 0. The molecule has 1 aromatic rings. The zero-order chi connectivity index (χ0) is 14.7. The molecule has 7 nitrogen and oxygen atoms in total. The highest BCUT2D eigenvalue weighted by Crippen LogP contribution is 2.24. The average Bonchev–Trinajstić information content (AvgIpc) is 2.71. The maximum Gasteiger partial charge on any atom is 0.292 e. The van der Waals surface area contributed by atoms with Crippen LogP contribution in [0.1, 0.15) is 6.42 Å². The maximum absolute atomic E-state index is 12.1. The molecule has 1 heterocycles. The van der Waals surface area contributed by atoms with Gasteiger partial charge in [0.15, 0.2) is 6.04 Å². The topological polar surface area (TPSA) is 97.1 Å². The number of carbonyl (C=O) groups excluding carboxylic acids is 2. The average molecular weight is 276 g/mol. The summed E-state index contributed by atoms with van der Waals surface area (Å²) in [6.07, 6.45) is 1.79. The van der Waals surface area contributed by atoms with E-state index in [2.05, 4.69) is 6.58 Å². The molecule has 0 spiro atoms. The summed E-state index contributed by atoms with van der Waals surface area (Å²) in [4.78, 5) is 35.2. The Labute approximate surface area is 115 Å². The van der Waals surface area contributed by atoms with Crippen molar-refractivity contribution in [2.45, 2.75) is 12.5 Å². The fourth-order valence-electron chi connectivity index (χ4n) is 2.09. The molecule has 7 heteroatoms. The number of anilines is 1. The van der Waals surface area contributed by atoms with Crippen LogP contribution in [0.2, 0.25) is 0 Å². The predicted molar refractivity (Wildman–Crippen MR) is 71.0 cm³/mol. The Balaban J connectivity index is 2.19. The highest BCUT2D eigenvalue weighted by atomic mass is 16.6. The van der Waals surface area contributed by atoms with Crippen LogP contribution < -0.4 is 10.2 Å². The van der Waals surface area contributed by atoms with Crippen molar-refractivity contribution in [3.05, 3.63) is 47.0 Å². The molecule has 2 rings (SSSR count). The lowest BCUT2D eigenvalue weighted by atomic mass is 10.2. The van der Waals surface area contributed by atoms with Gasteiger partial charge in [-0.1, -0.05) is 6.58 Å². The maximum atomic E-state index is 12.1. The molecular weight excluding hydrogens is 262 g/mol. The number of hydrogen-bond donors (Lipinski definition) is 1. The minimum atomic E-state index is -0.530. The second-order valence-corrected chi connectivity index (χ2v) is 4.41. The second-order valence-electron chi connectivity index (χ2n) is 4.41. The first kappa shape index (κ1) is 13.9. The van der Waals surface area contributed by atoms with E-state index in [0.29, 0.717) is 12.2 Å².